The van der Waals surface area contributed by atoms with E-state index >= 15 is 0 Å². The van der Waals surface area contributed by atoms with Crippen LogP contribution < -0.4 is 0 Å². The van der Waals surface area contributed by atoms with Crippen molar-refractivity contribution < 1.29 is 8.78 Å². The number of H-pyrrole nitrogens is 1. The molecule has 0 aliphatic rings. The molecular formula is C8H4BrF2N3S. The molecule has 0 spiro atoms. The van der Waals surface area contributed by atoms with Gasteiger partial charge in [0.15, 0.2) is 10.6 Å². The van der Waals surface area contributed by atoms with Crippen molar-refractivity contribution in [1.82, 2.24) is 14.8 Å². The molecule has 0 radical (unpaired) electrons. The van der Waals surface area contributed by atoms with E-state index in [1.165, 1.54) is 10.9 Å². The second-order valence-electron chi connectivity index (χ2n) is 2.75. The molecule has 1 aromatic heterocycles. The Balaban J connectivity index is 2.74. The summed E-state index contributed by atoms with van der Waals surface area (Å²) in [5, 5.41) is 6.14. The number of nitrogens with zero attached hydrogens (tertiary/aromatic N) is 2. The molecule has 2 aromatic rings. The third-order valence-corrected chi connectivity index (χ3v) is 2.67. The molecule has 0 fully saturated rings. The Labute approximate surface area is 96.9 Å². The molecule has 3 nitrogen and oxygen atoms in total. The smallest absolute Gasteiger partial charge is 0.199 e. The lowest BCUT2D eigenvalue weighted by molar-refractivity contribution is 0.575. The van der Waals surface area contributed by atoms with Gasteiger partial charge in [-0.3, -0.25) is 9.67 Å². The standard InChI is InChI=1S/C8H4BrF2N3S/c9-5-1-4(10)2-6(11)7(5)14-3-12-13-8(14)15/h1-3H,(H,13,15). The largest absolute Gasteiger partial charge is 0.271 e. The summed E-state index contributed by atoms with van der Waals surface area (Å²) in [5.41, 5.74) is 0.134. The van der Waals surface area contributed by atoms with Crippen molar-refractivity contribution in [2.45, 2.75) is 0 Å². The first kappa shape index (κ1) is 10.4. The maximum Gasteiger partial charge on any atom is 0.199 e. The first-order valence-corrected chi connectivity index (χ1v) is 5.06. The number of hydrogen-bond acceptors (Lipinski definition) is 2. The summed E-state index contributed by atoms with van der Waals surface area (Å²) in [7, 11) is 0. The van der Waals surface area contributed by atoms with Gasteiger partial charge in [0.25, 0.3) is 0 Å². The van der Waals surface area contributed by atoms with Crippen LogP contribution in [-0.4, -0.2) is 14.8 Å². The summed E-state index contributed by atoms with van der Waals surface area (Å²) in [6, 6.07) is 1.95. The van der Waals surface area contributed by atoms with E-state index in [0.717, 1.165) is 12.1 Å². The minimum Gasteiger partial charge on any atom is -0.271 e. The van der Waals surface area contributed by atoms with Crippen molar-refractivity contribution in [1.29, 1.82) is 0 Å². The monoisotopic (exact) mass is 291 g/mol. The van der Waals surface area contributed by atoms with Crippen molar-refractivity contribution in [3.8, 4) is 5.69 Å². The van der Waals surface area contributed by atoms with E-state index in [-0.39, 0.29) is 14.9 Å². The van der Waals surface area contributed by atoms with E-state index in [9.17, 15) is 8.78 Å². The Morgan fingerprint density at radius 2 is 2.13 bits per heavy atom. The minimum absolute atomic E-state index is 0.134. The van der Waals surface area contributed by atoms with Crippen molar-refractivity contribution in [2.75, 3.05) is 0 Å². The SMILES string of the molecule is Fc1cc(F)c(-n2cn[nH]c2=S)c(Br)c1. The summed E-state index contributed by atoms with van der Waals surface area (Å²) in [4.78, 5) is 0. The van der Waals surface area contributed by atoms with Crippen LogP contribution in [0.15, 0.2) is 22.9 Å². The quantitative estimate of drug-likeness (QED) is 0.820. The zero-order valence-corrected chi connectivity index (χ0v) is 9.57. The lowest BCUT2D eigenvalue weighted by atomic mass is 10.3. The third-order valence-electron chi connectivity index (χ3n) is 1.77. The third kappa shape index (κ3) is 1.84. The number of benzene rings is 1. The Morgan fingerprint density at radius 1 is 1.40 bits per heavy atom. The zero-order chi connectivity index (χ0) is 11.0. The number of aromatic nitrogens is 3. The van der Waals surface area contributed by atoms with Gasteiger partial charge in [0.2, 0.25) is 0 Å². The summed E-state index contributed by atoms with van der Waals surface area (Å²) in [5.74, 6) is -1.36. The molecule has 15 heavy (non-hydrogen) atoms. The molecule has 0 amide bonds. The van der Waals surface area contributed by atoms with Gasteiger partial charge in [-0.05, 0) is 34.2 Å². The second kappa shape index (κ2) is 3.82. The van der Waals surface area contributed by atoms with Crippen LogP contribution in [0.4, 0.5) is 8.78 Å². The van der Waals surface area contributed by atoms with Crippen LogP contribution in [0, 0.1) is 16.4 Å². The van der Waals surface area contributed by atoms with Crippen molar-refractivity contribution in [2.24, 2.45) is 0 Å². The van der Waals surface area contributed by atoms with Gasteiger partial charge in [-0.25, -0.2) is 8.78 Å². The van der Waals surface area contributed by atoms with E-state index in [2.05, 4.69) is 26.1 Å². The van der Waals surface area contributed by atoms with Crippen molar-refractivity contribution in [3.05, 3.63) is 39.3 Å². The van der Waals surface area contributed by atoms with E-state index in [4.69, 9.17) is 12.2 Å². The predicted octanol–water partition coefficient (Wildman–Crippen LogP) is 2.97. The van der Waals surface area contributed by atoms with Crippen LogP contribution in [0.2, 0.25) is 0 Å². The fourth-order valence-electron chi connectivity index (χ4n) is 1.17. The first-order valence-electron chi connectivity index (χ1n) is 3.86. The number of nitrogens with one attached hydrogen (secondary N) is 1. The zero-order valence-electron chi connectivity index (χ0n) is 7.17. The normalized spacial score (nSPS) is 10.6. The van der Waals surface area contributed by atoms with Gasteiger partial charge in [-0.1, -0.05) is 0 Å². The van der Waals surface area contributed by atoms with Gasteiger partial charge in [-0.15, -0.1) is 0 Å². The highest BCUT2D eigenvalue weighted by atomic mass is 79.9. The molecule has 0 aliphatic carbocycles. The van der Waals surface area contributed by atoms with Crippen LogP contribution in [0.5, 0.6) is 0 Å². The first-order chi connectivity index (χ1) is 7.09. The van der Waals surface area contributed by atoms with Gasteiger partial charge >= 0.3 is 0 Å². The van der Waals surface area contributed by atoms with E-state index in [0.29, 0.717) is 0 Å². The molecule has 1 aromatic carbocycles. The number of rotatable bonds is 1. The average Bonchev–Trinajstić information content (AvgIpc) is 2.50. The fourth-order valence-corrected chi connectivity index (χ4v) is 1.96. The summed E-state index contributed by atoms with van der Waals surface area (Å²) in [6.45, 7) is 0. The van der Waals surface area contributed by atoms with Gasteiger partial charge < -0.3 is 0 Å². The van der Waals surface area contributed by atoms with Gasteiger partial charge in [0.05, 0.1) is 5.69 Å². The molecule has 0 saturated carbocycles. The topological polar surface area (TPSA) is 33.6 Å². The van der Waals surface area contributed by atoms with E-state index in [1.807, 2.05) is 0 Å². The fraction of sp³-hybridized carbons (Fsp3) is 0. The number of hydrogen-bond donors (Lipinski definition) is 1. The molecular weight excluding hydrogens is 288 g/mol. The maximum atomic E-state index is 13.5. The van der Waals surface area contributed by atoms with Crippen molar-refractivity contribution >= 4 is 28.1 Å². The highest BCUT2D eigenvalue weighted by Gasteiger charge is 2.12. The van der Waals surface area contributed by atoms with Crippen LogP contribution in [0.3, 0.4) is 0 Å². The Kier molecular flexibility index (Phi) is 2.66. The molecule has 78 valence electrons. The number of halogens is 3. The minimum atomic E-state index is -0.709. The molecule has 7 heteroatoms. The predicted molar refractivity (Wildman–Crippen MR) is 56.4 cm³/mol. The Hall–Kier alpha value is -1.08. The van der Waals surface area contributed by atoms with E-state index in [1.54, 1.807) is 0 Å². The summed E-state index contributed by atoms with van der Waals surface area (Å²) in [6.07, 6.45) is 1.32. The maximum absolute atomic E-state index is 13.5. The molecule has 0 saturated heterocycles. The Bertz CT molecular complexity index is 540. The lowest BCUT2D eigenvalue weighted by Gasteiger charge is -2.05. The van der Waals surface area contributed by atoms with Crippen LogP contribution >= 0.6 is 28.1 Å². The van der Waals surface area contributed by atoms with Gasteiger partial charge in [-0.2, -0.15) is 5.10 Å². The lowest BCUT2D eigenvalue weighted by Crippen LogP contribution is -1.99. The molecule has 2 rings (SSSR count). The van der Waals surface area contributed by atoms with Crippen LogP contribution in [-0.2, 0) is 0 Å². The van der Waals surface area contributed by atoms with E-state index < -0.39 is 11.6 Å². The summed E-state index contributed by atoms with van der Waals surface area (Å²) < 4.78 is 28.1. The average molecular weight is 292 g/mol. The molecule has 1 N–H and O–H groups in total. The molecule has 1 heterocycles. The van der Waals surface area contributed by atoms with Gasteiger partial charge in [0.1, 0.15) is 12.1 Å². The molecule has 0 atom stereocenters. The summed E-state index contributed by atoms with van der Waals surface area (Å²) >= 11 is 7.95. The highest BCUT2D eigenvalue weighted by molar-refractivity contribution is 9.10. The Morgan fingerprint density at radius 3 is 2.67 bits per heavy atom. The van der Waals surface area contributed by atoms with Gasteiger partial charge in [0, 0.05) is 10.5 Å². The van der Waals surface area contributed by atoms with Crippen LogP contribution in [0.1, 0.15) is 0 Å². The van der Waals surface area contributed by atoms with Crippen molar-refractivity contribution in [3.63, 3.8) is 0 Å². The second-order valence-corrected chi connectivity index (χ2v) is 3.99. The van der Waals surface area contributed by atoms with Crippen LogP contribution in [0.25, 0.3) is 5.69 Å². The molecule has 0 bridgehead atoms. The number of aromatic amines is 1. The molecule has 0 aliphatic heterocycles. The molecule has 0 unspecified atom stereocenters. The highest BCUT2D eigenvalue weighted by Crippen LogP contribution is 2.25.